The fourth-order valence-corrected chi connectivity index (χ4v) is 1.88. The third-order valence-corrected chi connectivity index (χ3v) is 3.26. The molecule has 0 radical (unpaired) electrons. The van der Waals surface area contributed by atoms with Crippen LogP contribution in [0.3, 0.4) is 0 Å². The Morgan fingerprint density at radius 1 is 1.26 bits per heavy atom. The number of nitrogens with one attached hydrogen (secondary N) is 1. The van der Waals surface area contributed by atoms with Gasteiger partial charge in [0.25, 0.3) is 5.91 Å². The van der Waals surface area contributed by atoms with Gasteiger partial charge in [0, 0.05) is 20.0 Å². The summed E-state index contributed by atoms with van der Waals surface area (Å²) in [6.07, 6.45) is 0. The number of carbonyl (C=O) groups excluding carboxylic acids is 2. The van der Waals surface area contributed by atoms with Gasteiger partial charge in [-0.3, -0.25) is 9.59 Å². The molecule has 0 saturated heterocycles. The van der Waals surface area contributed by atoms with Crippen LogP contribution in [-0.2, 0) is 14.4 Å². The number of benzene rings is 1. The second-order valence-electron chi connectivity index (χ2n) is 5.19. The van der Waals surface area contributed by atoms with Crippen LogP contribution in [0.25, 0.3) is 0 Å². The highest BCUT2D eigenvalue weighted by Crippen LogP contribution is 2.11. The maximum absolute atomic E-state index is 12.2. The molecule has 2 amide bonds. The maximum atomic E-state index is 12.2. The van der Waals surface area contributed by atoms with Gasteiger partial charge in [0.15, 0.2) is 6.61 Å². The fourth-order valence-electron chi connectivity index (χ4n) is 1.88. The summed E-state index contributed by atoms with van der Waals surface area (Å²) in [5.41, 5.74) is 1.07. The predicted molar refractivity (Wildman–Crippen MR) is 84.2 cm³/mol. The minimum Gasteiger partial charge on any atom is -0.484 e. The number of hydrogen-bond acceptors (Lipinski definition) is 4. The molecule has 1 atom stereocenters. The number of hydrogen-bond donors (Lipinski definition) is 2. The van der Waals surface area contributed by atoms with Crippen molar-refractivity contribution in [3.8, 4) is 5.75 Å². The zero-order valence-electron chi connectivity index (χ0n) is 13.5. The smallest absolute Gasteiger partial charge is 0.326 e. The van der Waals surface area contributed by atoms with E-state index in [0.717, 1.165) is 5.56 Å². The molecular formula is C16H22N2O5. The molecular weight excluding hydrogens is 300 g/mol. The van der Waals surface area contributed by atoms with E-state index < -0.39 is 17.9 Å². The summed E-state index contributed by atoms with van der Waals surface area (Å²) in [5, 5.41) is 11.6. The van der Waals surface area contributed by atoms with E-state index in [1.54, 1.807) is 12.1 Å². The number of carbonyl (C=O) groups is 3. The standard InChI is InChI=1S/C16H22N2O5/c1-11-4-6-14(7-5-11)23-10-15(20)18(12(2)16(21)22)9-8-17-13(3)19/h4-7,12H,8-10H2,1-3H3,(H,17,19)(H,21,22). The third-order valence-electron chi connectivity index (χ3n) is 3.26. The molecule has 0 aliphatic rings. The van der Waals surface area contributed by atoms with E-state index in [0.29, 0.717) is 5.75 Å². The molecule has 7 heteroatoms. The van der Waals surface area contributed by atoms with E-state index >= 15 is 0 Å². The van der Waals surface area contributed by atoms with Gasteiger partial charge in [0.05, 0.1) is 0 Å². The van der Waals surface area contributed by atoms with Crippen molar-refractivity contribution in [1.29, 1.82) is 0 Å². The summed E-state index contributed by atoms with van der Waals surface area (Å²) in [6.45, 7) is 4.73. The van der Waals surface area contributed by atoms with Crippen LogP contribution in [0.4, 0.5) is 0 Å². The van der Waals surface area contributed by atoms with Crippen LogP contribution in [0, 0.1) is 6.92 Å². The first-order valence-electron chi connectivity index (χ1n) is 7.27. The molecule has 0 aliphatic carbocycles. The van der Waals surface area contributed by atoms with E-state index in [9.17, 15) is 14.4 Å². The summed E-state index contributed by atoms with van der Waals surface area (Å²) < 4.78 is 5.39. The highest BCUT2D eigenvalue weighted by Gasteiger charge is 2.25. The number of rotatable bonds is 8. The molecule has 0 aliphatic heterocycles. The Kier molecular flexibility index (Phi) is 7.05. The minimum atomic E-state index is -1.11. The highest BCUT2D eigenvalue weighted by atomic mass is 16.5. The van der Waals surface area contributed by atoms with Crippen LogP contribution in [0.1, 0.15) is 19.4 Å². The van der Waals surface area contributed by atoms with Crippen LogP contribution in [0.15, 0.2) is 24.3 Å². The van der Waals surface area contributed by atoms with E-state index in [-0.39, 0.29) is 25.6 Å². The fraction of sp³-hybridized carbons (Fsp3) is 0.438. The van der Waals surface area contributed by atoms with Crippen molar-refractivity contribution < 1.29 is 24.2 Å². The van der Waals surface area contributed by atoms with Crippen LogP contribution in [-0.4, -0.2) is 53.5 Å². The van der Waals surface area contributed by atoms with Gasteiger partial charge >= 0.3 is 5.97 Å². The maximum Gasteiger partial charge on any atom is 0.326 e. The first-order chi connectivity index (χ1) is 10.8. The number of nitrogens with zero attached hydrogens (tertiary/aromatic N) is 1. The van der Waals surface area contributed by atoms with E-state index in [1.807, 2.05) is 19.1 Å². The molecule has 0 spiro atoms. The van der Waals surface area contributed by atoms with E-state index in [4.69, 9.17) is 9.84 Å². The van der Waals surface area contributed by atoms with Gasteiger partial charge in [-0.15, -0.1) is 0 Å². The van der Waals surface area contributed by atoms with Crippen molar-refractivity contribution >= 4 is 17.8 Å². The molecule has 0 aromatic heterocycles. The second-order valence-corrected chi connectivity index (χ2v) is 5.19. The molecule has 1 rings (SSSR count). The van der Waals surface area contributed by atoms with Gasteiger partial charge in [-0.05, 0) is 26.0 Å². The van der Waals surface area contributed by atoms with Crippen molar-refractivity contribution in [3.05, 3.63) is 29.8 Å². The number of carboxylic acids is 1. The first kappa shape index (κ1) is 18.5. The van der Waals surface area contributed by atoms with Crippen LogP contribution in [0.5, 0.6) is 5.75 Å². The molecule has 0 fully saturated rings. The first-order valence-corrected chi connectivity index (χ1v) is 7.27. The van der Waals surface area contributed by atoms with Crippen LogP contribution in [0.2, 0.25) is 0 Å². The Hall–Kier alpha value is -2.57. The van der Waals surface area contributed by atoms with Gasteiger partial charge in [0.2, 0.25) is 5.91 Å². The Morgan fingerprint density at radius 2 is 1.87 bits per heavy atom. The summed E-state index contributed by atoms with van der Waals surface area (Å²) >= 11 is 0. The Morgan fingerprint density at radius 3 is 2.39 bits per heavy atom. The quantitative estimate of drug-likeness (QED) is 0.738. The Balaban J connectivity index is 2.64. The Labute approximate surface area is 135 Å². The molecule has 1 aromatic carbocycles. The normalized spacial score (nSPS) is 11.4. The molecule has 0 bridgehead atoms. The summed E-state index contributed by atoms with van der Waals surface area (Å²) in [4.78, 5) is 35.4. The molecule has 1 aromatic rings. The molecule has 126 valence electrons. The molecule has 0 saturated carbocycles. The zero-order valence-corrected chi connectivity index (χ0v) is 13.5. The van der Waals surface area contributed by atoms with Crippen molar-refractivity contribution in [2.45, 2.75) is 26.8 Å². The molecule has 7 nitrogen and oxygen atoms in total. The number of amides is 2. The summed E-state index contributed by atoms with van der Waals surface area (Å²) in [6, 6.07) is 6.19. The van der Waals surface area contributed by atoms with Gasteiger partial charge in [-0.2, -0.15) is 0 Å². The highest BCUT2D eigenvalue weighted by molar-refractivity contribution is 5.84. The number of aliphatic carboxylic acids is 1. The van der Waals surface area contributed by atoms with Crippen molar-refractivity contribution in [3.63, 3.8) is 0 Å². The summed E-state index contributed by atoms with van der Waals surface area (Å²) in [7, 11) is 0. The summed E-state index contributed by atoms with van der Waals surface area (Å²) in [5.74, 6) is -1.27. The average molecular weight is 322 g/mol. The minimum absolute atomic E-state index is 0.100. The second kappa shape index (κ2) is 8.77. The molecule has 23 heavy (non-hydrogen) atoms. The van der Waals surface area contributed by atoms with Gasteiger partial charge in [0.1, 0.15) is 11.8 Å². The lowest BCUT2D eigenvalue weighted by atomic mass is 10.2. The number of aryl methyl sites for hydroxylation is 1. The molecule has 2 N–H and O–H groups in total. The van der Waals surface area contributed by atoms with Crippen LogP contribution < -0.4 is 10.1 Å². The van der Waals surface area contributed by atoms with Gasteiger partial charge < -0.3 is 20.1 Å². The lowest BCUT2D eigenvalue weighted by molar-refractivity contribution is -0.150. The lowest BCUT2D eigenvalue weighted by Gasteiger charge is -2.26. The molecule has 1 unspecified atom stereocenters. The number of carboxylic acid groups (broad SMARTS) is 1. The third kappa shape index (κ3) is 6.37. The van der Waals surface area contributed by atoms with Gasteiger partial charge in [-0.25, -0.2) is 4.79 Å². The van der Waals surface area contributed by atoms with E-state index in [2.05, 4.69) is 5.32 Å². The Bertz CT molecular complexity index is 556. The zero-order chi connectivity index (χ0) is 17.4. The van der Waals surface area contributed by atoms with Crippen molar-refractivity contribution in [2.24, 2.45) is 0 Å². The monoisotopic (exact) mass is 322 g/mol. The number of ether oxygens (including phenoxy) is 1. The SMILES string of the molecule is CC(=O)NCCN(C(=O)COc1ccc(C)cc1)C(C)C(=O)O. The lowest BCUT2D eigenvalue weighted by Crippen LogP contribution is -2.48. The van der Waals surface area contributed by atoms with Crippen LogP contribution >= 0.6 is 0 Å². The largest absolute Gasteiger partial charge is 0.484 e. The van der Waals surface area contributed by atoms with E-state index in [1.165, 1.54) is 18.7 Å². The average Bonchev–Trinajstić information content (AvgIpc) is 2.49. The predicted octanol–water partition coefficient (Wildman–Crippen LogP) is 0.812. The molecule has 0 heterocycles. The van der Waals surface area contributed by atoms with Gasteiger partial charge in [-0.1, -0.05) is 17.7 Å². The van der Waals surface area contributed by atoms with Crippen molar-refractivity contribution in [1.82, 2.24) is 10.2 Å². The van der Waals surface area contributed by atoms with Crippen molar-refractivity contribution in [2.75, 3.05) is 19.7 Å². The topological polar surface area (TPSA) is 95.9 Å².